The van der Waals surface area contributed by atoms with E-state index < -0.39 is 5.97 Å². The van der Waals surface area contributed by atoms with E-state index >= 15 is 0 Å². The van der Waals surface area contributed by atoms with E-state index in [9.17, 15) is 9.90 Å². The summed E-state index contributed by atoms with van der Waals surface area (Å²) in [5.74, 6) is -0.976. The summed E-state index contributed by atoms with van der Waals surface area (Å²) in [5.41, 5.74) is 8.05. The molecule has 0 saturated heterocycles. The number of nitrogen functional groups attached to an aromatic ring is 1. The van der Waals surface area contributed by atoms with Crippen LogP contribution in [0.15, 0.2) is 46.9 Å². The highest BCUT2D eigenvalue weighted by Gasteiger charge is 2.13. The topological polar surface area (TPSA) is 75.3 Å². The first-order valence-electron chi connectivity index (χ1n) is 6.12. The summed E-state index contributed by atoms with van der Waals surface area (Å²) in [6.07, 6.45) is 0. The minimum Gasteiger partial charge on any atom is -0.478 e. The summed E-state index contributed by atoms with van der Waals surface area (Å²) in [5, 5.41) is 12.4. The number of nitrogens with one attached hydrogen (secondary N) is 1. The molecule has 0 aliphatic carbocycles. The Morgan fingerprint density at radius 1 is 1.25 bits per heavy atom. The highest BCUT2D eigenvalue weighted by atomic mass is 79.9. The minimum absolute atomic E-state index is 0.0250. The second-order valence-corrected chi connectivity index (χ2v) is 5.44. The van der Waals surface area contributed by atoms with Crippen LogP contribution < -0.4 is 11.1 Å². The number of anilines is 2. The van der Waals surface area contributed by atoms with Crippen LogP contribution in [-0.2, 0) is 0 Å². The van der Waals surface area contributed by atoms with E-state index in [-0.39, 0.29) is 11.6 Å². The third kappa shape index (κ3) is 3.30. The Bertz CT molecular complexity index is 626. The zero-order valence-corrected chi connectivity index (χ0v) is 12.5. The van der Waals surface area contributed by atoms with Crippen LogP contribution in [0.4, 0.5) is 11.4 Å². The van der Waals surface area contributed by atoms with Gasteiger partial charge in [0.25, 0.3) is 0 Å². The molecule has 0 aliphatic heterocycles. The third-order valence-electron chi connectivity index (χ3n) is 3.02. The molecular weight excluding hydrogens is 320 g/mol. The molecule has 1 unspecified atom stereocenters. The van der Waals surface area contributed by atoms with Crippen LogP contribution in [-0.4, -0.2) is 11.1 Å². The standard InChI is InChI=1S/C15H15BrN2O2/c1-9(10-2-4-11(16)5-3-10)18-14-8-12(17)6-7-13(14)15(19)20/h2-9,18H,17H2,1H3,(H,19,20). The summed E-state index contributed by atoms with van der Waals surface area (Å²) in [4.78, 5) is 11.2. The number of rotatable bonds is 4. The van der Waals surface area contributed by atoms with Crippen LogP contribution in [0, 0.1) is 0 Å². The van der Waals surface area contributed by atoms with Gasteiger partial charge in [-0.25, -0.2) is 4.79 Å². The van der Waals surface area contributed by atoms with Crippen molar-refractivity contribution in [1.29, 1.82) is 0 Å². The monoisotopic (exact) mass is 334 g/mol. The lowest BCUT2D eigenvalue weighted by atomic mass is 10.1. The van der Waals surface area contributed by atoms with Gasteiger partial charge in [0.2, 0.25) is 0 Å². The molecule has 0 fully saturated rings. The summed E-state index contributed by atoms with van der Waals surface area (Å²) < 4.78 is 1.00. The molecule has 104 valence electrons. The Morgan fingerprint density at radius 2 is 1.90 bits per heavy atom. The molecule has 1 atom stereocenters. The van der Waals surface area contributed by atoms with Gasteiger partial charge in [0.05, 0.1) is 11.3 Å². The first-order valence-corrected chi connectivity index (χ1v) is 6.91. The van der Waals surface area contributed by atoms with Gasteiger partial charge in [-0.3, -0.25) is 0 Å². The lowest BCUT2D eigenvalue weighted by molar-refractivity contribution is 0.0698. The Balaban J connectivity index is 2.27. The van der Waals surface area contributed by atoms with E-state index in [0.29, 0.717) is 11.4 Å². The number of aromatic carboxylic acids is 1. The molecule has 4 N–H and O–H groups in total. The van der Waals surface area contributed by atoms with Crippen molar-refractivity contribution in [2.75, 3.05) is 11.1 Å². The number of carbonyl (C=O) groups is 1. The van der Waals surface area contributed by atoms with Crippen molar-refractivity contribution in [2.45, 2.75) is 13.0 Å². The van der Waals surface area contributed by atoms with Gasteiger partial charge in [-0.2, -0.15) is 0 Å². The Morgan fingerprint density at radius 3 is 2.50 bits per heavy atom. The lowest BCUT2D eigenvalue weighted by Gasteiger charge is -2.18. The summed E-state index contributed by atoms with van der Waals surface area (Å²) in [7, 11) is 0. The molecule has 2 aromatic rings. The van der Waals surface area contributed by atoms with Crippen molar-refractivity contribution in [2.24, 2.45) is 0 Å². The van der Waals surface area contributed by atoms with Gasteiger partial charge in [0.15, 0.2) is 0 Å². The number of carboxylic acids is 1. The lowest BCUT2D eigenvalue weighted by Crippen LogP contribution is -2.11. The van der Waals surface area contributed by atoms with E-state index in [2.05, 4.69) is 21.2 Å². The van der Waals surface area contributed by atoms with Gasteiger partial charge in [0.1, 0.15) is 0 Å². The Kier molecular flexibility index (Phi) is 4.29. The van der Waals surface area contributed by atoms with Gasteiger partial charge >= 0.3 is 5.97 Å². The molecule has 0 amide bonds. The van der Waals surface area contributed by atoms with Crippen molar-refractivity contribution in [3.63, 3.8) is 0 Å². The fourth-order valence-electron chi connectivity index (χ4n) is 1.94. The Hall–Kier alpha value is -2.01. The van der Waals surface area contributed by atoms with Crippen molar-refractivity contribution >= 4 is 33.3 Å². The maximum absolute atomic E-state index is 11.2. The molecule has 0 aliphatic rings. The first-order chi connectivity index (χ1) is 9.47. The number of hydrogen-bond acceptors (Lipinski definition) is 3. The quantitative estimate of drug-likeness (QED) is 0.741. The van der Waals surface area contributed by atoms with Crippen LogP contribution in [0.5, 0.6) is 0 Å². The van der Waals surface area contributed by atoms with Crippen LogP contribution in [0.1, 0.15) is 28.9 Å². The average Bonchev–Trinajstić information content (AvgIpc) is 2.39. The van der Waals surface area contributed by atoms with Gasteiger partial charge in [0, 0.05) is 16.2 Å². The molecule has 0 aromatic heterocycles. The van der Waals surface area contributed by atoms with E-state index in [1.54, 1.807) is 12.1 Å². The summed E-state index contributed by atoms with van der Waals surface area (Å²) in [6, 6.07) is 12.6. The van der Waals surface area contributed by atoms with Crippen molar-refractivity contribution in [3.05, 3.63) is 58.1 Å². The highest BCUT2D eigenvalue weighted by molar-refractivity contribution is 9.10. The highest BCUT2D eigenvalue weighted by Crippen LogP contribution is 2.25. The fourth-order valence-corrected chi connectivity index (χ4v) is 2.20. The van der Waals surface area contributed by atoms with E-state index in [1.165, 1.54) is 6.07 Å². The number of halogens is 1. The second kappa shape index (κ2) is 5.96. The molecule has 0 bridgehead atoms. The van der Waals surface area contributed by atoms with Crippen LogP contribution in [0.2, 0.25) is 0 Å². The summed E-state index contributed by atoms with van der Waals surface area (Å²) >= 11 is 3.39. The third-order valence-corrected chi connectivity index (χ3v) is 3.54. The number of benzene rings is 2. The van der Waals surface area contributed by atoms with E-state index in [0.717, 1.165) is 10.0 Å². The second-order valence-electron chi connectivity index (χ2n) is 4.53. The van der Waals surface area contributed by atoms with Gasteiger partial charge < -0.3 is 16.2 Å². The molecule has 0 spiro atoms. The largest absolute Gasteiger partial charge is 0.478 e. The van der Waals surface area contributed by atoms with Crippen molar-refractivity contribution in [3.8, 4) is 0 Å². The predicted molar refractivity (Wildman–Crippen MR) is 84.0 cm³/mol. The molecular formula is C15H15BrN2O2. The fraction of sp³-hybridized carbons (Fsp3) is 0.133. The number of hydrogen-bond donors (Lipinski definition) is 3. The van der Waals surface area contributed by atoms with Gasteiger partial charge in [-0.05, 0) is 42.8 Å². The van der Waals surface area contributed by atoms with Crippen LogP contribution >= 0.6 is 15.9 Å². The average molecular weight is 335 g/mol. The maximum atomic E-state index is 11.2. The van der Waals surface area contributed by atoms with Crippen molar-refractivity contribution < 1.29 is 9.90 Å². The maximum Gasteiger partial charge on any atom is 0.337 e. The first kappa shape index (κ1) is 14.4. The van der Waals surface area contributed by atoms with Crippen molar-refractivity contribution in [1.82, 2.24) is 0 Å². The predicted octanol–water partition coefficient (Wildman–Crippen LogP) is 3.90. The number of carboxylic acid groups (broad SMARTS) is 1. The van der Waals surface area contributed by atoms with E-state index in [4.69, 9.17) is 5.73 Å². The molecule has 4 nitrogen and oxygen atoms in total. The molecule has 0 heterocycles. The smallest absolute Gasteiger partial charge is 0.337 e. The normalized spacial score (nSPS) is 11.9. The van der Waals surface area contributed by atoms with Crippen LogP contribution in [0.3, 0.4) is 0 Å². The van der Waals surface area contributed by atoms with Gasteiger partial charge in [-0.15, -0.1) is 0 Å². The van der Waals surface area contributed by atoms with Crippen LogP contribution in [0.25, 0.3) is 0 Å². The van der Waals surface area contributed by atoms with E-state index in [1.807, 2.05) is 31.2 Å². The molecule has 2 rings (SSSR count). The summed E-state index contributed by atoms with van der Waals surface area (Å²) in [6.45, 7) is 1.97. The molecule has 5 heteroatoms. The molecule has 20 heavy (non-hydrogen) atoms. The minimum atomic E-state index is -0.976. The molecule has 0 saturated carbocycles. The molecule has 0 radical (unpaired) electrons. The zero-order valence-electron chi connectivity index (χ0n) is 10.9. The SMILES string of the molecule is CC(Nc1cc(N)ccc1C(=O)O)c1ccc(Br)cc1. The van der Waals surface area contributed by atoms with Gasteiger partial charge in [-0.1, -0.05) is 28.1 Å². The Labute approximate surface area is 125 Å². The molecule has 2 aromatic carbocycles. The zero-order chi connectivity index (χ0) is 14.7. The number of nitrogens with two attached hydrogens (primary N) is 1.